The number of nitrogens with zero attached hydrogens (tertiary/aromatic N) is 5. The van der Waals surface area contributed by atoms with Gasteiger partial charge in [-0.2, -0.15) is 5.10 Å². The number of carbonyl (C=O) groups is 1. The van der Waals surface area contributed by atoms with Crippen LogP contribution in [-0.2, 0) is 33.0 Å². The van der Waals surface area contributed by atoms with Gasteiger partial charge in [-0.1, -0.05) is 0 Å². The molecule has 0 N–H and O–H groups in total. The number of hydrogen-bond donors (Lipinski definition) is 0. The number of imidazole rings is 1. The van der Waals surface area contributed by atoms with Crippen molar-refractivity contribution in [3.05, 3.63) is 58.6 Å². The summed E-state index contributed by atoms with van der Waals surface area (Å²) < 4.78 is 44.4. The molecule has 6 nitrogen and oxygen atoms in total. The van der Waals surface area contributed by atoms with E-state index >= 15 is 0 Å². The quantitative estimate of drug-likeness (QED) is 0.604. The van der Waals surface area contributed by atoms with Gasteiger partial charge in [0.05, 0.1) is 24.1 Å². The predicted octanol–water partition coefficient (Wildman–Crippen LogP) is 3.24. The third kappa shape index (κ3) is 2.91. The SMILES string of the molecule is Cn1nc2c(c1-c1cc(F)c(F)c(F)c1)CCN(C(=O)c1cnc3n1CCCC3)C2. The van der Waals surface area contributed by atoms with Crippen molar-refractivity contribution in [2.45, 2.75) is 38.8 Å². The van der Waals surface area contributed by atoms with Crippen LogP contribution in [0.5, 0.6) is 0 Å². The molecule has 0 aliphatic carbocycles. The highest BCUT2D eigenvalue weighted by Crippen LogP contribution is 2.32. The summed E-state index contributed by atoms with van der Waals surface area (Å²) in [4.78, 5) is 19.2. The fourth-order valence-corrected chi connectivity index (χ4v) is 4.50. The Kier molecular flexibility index (Phi) is 4.41. The van der Waals surface area contributed by atoms with Crippen LogP contribution >= 0.6 is 0 Å². The molecule has 0 bridgehead atoms. The van der Waals surface area contributed by atoms with Crippen LogP contribution in [0.4, 0.5) is 13.2 Å². The van der Waals surface area contributed by atoms with Crippen LogP contribution in [0, 0.1) is 17.5 Å². The topological polar surface area (TPSA) is 56.0 Å². The second-order valence-corrected chi connectivity index (χ2v) is 7.80. The molecular formula is C21H20F3N5O. The molecule has 0 saturated heterocycles. The molecule has 2 aliphatic heterocycles. The molecule has 9 heteroatoms. The van der Waals surface area contributed by atoms with Gasteiger partial charge in [-0.05, 0) is 31.4 Å². The first kappa shape index (κ1) is 18.9. The highest BCUT2D eigenvalue weighted by Gasteiger charge is 2.30. The third-order valence-electron chi connectivity index (χ3n) is 5.93. The number of benzene rings is 1. The van der Waals surface area contributed by atoms with Gasteiger partial charge in [0.15, 0.2) is 17.5 Å². The number of fused-ring (bicyclic) bond motifs is 2. The maximum atomic E-state index is 13.8. The summed E-state index contributed by atoms with van der Waals surface area (Å²) in [5, 5.41) is 4.47. The first-order valence-corrected chi connectivity index (χ1v) is 9.97. The fraction of sp³-hybridized carbons (Fsp3) is 0.381. The molecule has 0 spiro atoms. The Balaban J connectivity index is 1.45. The Morgan fingerprint density at radius 3 is 2.60 bits per heavy atom. The second kappa shape index (κ2) is 7.00. The second-order valence-electron chi connectivity index (χ2n) is 7.80. The molecule has 2 aliphatic rings. The van der Waals surface area contributed by atoms with Crippen molar-refractivity contribution >= 4 is 5.91 Å². The minimum atomic E-state index is -1.49. The van der Waals surface area contributed by atoms with Gasteiger partial charge in [-0.25, -0.2) is 18.2 Å². The smallest absolute Gasteiger partial charge is 0.272 e. The Morgan fingerprint density at radius 2 is 1.83 bits per heavy atom. The van der Waals surface area contributed by atoms with Crippen LogP contribution in [0.2, 0.25) is 0 Å². The zero-order valence-electron chi connectivity index (χ0n) is 16.5. The first-order valence-electron chi connectivity index (χ1n) is 9.97. The zero-order chi connectivity index (χ0) is 21.0. The summed E-state index contributed by atoms with van der Waals surface area (Å²) in [6, 6.07) is 1.96. The molecule has 30 heavy (non-hydrogen) atoms. The van der Waals surface area contributed by atoms with Crippen molar-refractivity contribution in [1.82, 2.24) is 24.2 Å². The van der Waals surface area contributed by atoms with Crippen molar-refractivity contribution in [1.29, 1.82) is 0 Å². The maximum Gasteiger partial charge on any atom is 0.272 e. The largest absolute Gasteiger partial charge is 0.331 e. The molecule has 4 heterocycles. The first-order chi connectivity index (χ1) is 14.4. The van der Waals surface area contributed by atoms with Crippen molar-refractivity contribution in [2.75, 3.05) is 6.54 Å². The van der Waals surface area contributed by atoms with Gasteiger partial charge in [0.1, 0.15) is 11.5 Å². The number of hydrogen-bond acceptors (Lipinski definition) is 3. The van der Waals surface area contributed by atoms with Gasteiger partial charge in [0.25, 0.3) is 5.91 Å². The van der Waals surface area contributed by atoms with Crippen LogP contribution in [0.3, 0.4) is 0 Å². The van der Waals surface area contributed by atoms with E-state index in [0.29, 0.717) is 36.6 Å². The van der Waals surface area contributed by atoms with Crippen LogP contribution in [-0.4, -0.2) is 36.7 Å². The van der Waals surface area contributed by atoms with Crippen molar-refractivity contribution in [2.24, 2.45) is 7.05 Å². The van der Waals surface area contributed by atoms with Crippen LogP contribution in [0.15, 0.2) is 18.3 Å². The molecule has 2 aromatic heterocycles. The lowest BCUT2D eigenvalue weighted by Crippen LogP contribution is -2.37. The zero-order valence-corrected chi connectivity index (χ0v) is 16.5. The highest BCUT2D eigenvalue weighted by atomic mass is 19.2. The summed E-state index contributed by atoms with van der Waals surface area (Å²) in [7, 11) is 1.67. The van der Waals surface area contributed by atoms with Gasteiger partial charge in [0, 0.05) is 37.7 Å². The lowest BCUT2D eigenvalue weighted by molar-refractivity contribution is 0.0720. The molecule has 1 amide bonds. The predicted molar refractivity (Wildman–Crippen MR) is 102 cm³/mol. The van der Waals surface area contributed by atoms with E-state index in [2.05, 4.69) is 10.1 Å². The summed E-state index contributed by atoms with van der Waals surface area (Å²) in [5.41, 5.74) is 2.86. The average Bonchev–Trinajstić information content (AvgIpc) is 3.30. The highest BCUT2D eigenvalue weighted by molar-refractivity contribution is 5.92. The van der Waals surface area contributed by atoms with E-state index in [9.17, 15) is 18.0 Å². The van der Waals surface area contributed by atoms with E-state index in [1.54, 1.807) is 18.1 Å². The number of carbonyl (C=O) groups excluding carboxylic acids is 1. The number of rotatable bonds is 2. The third-order valence-corrected chi connectivity index (χ3v) is 5.93. The lowest BCUT2D eigenvalue weighted by atomic mass is 9.99. The number of aryl methyl sites for hydroxylation is 2. The molecule has 0 atom stereocenters. The Bertz CT molecular complexity index is 1140. The van der Waals surface area contributed by atoms with E-state index in [4.69, 9.17) is 0 Å². The summed E-state index contributed by atoms with van der Waals surface area (Å²) >= 11 is 0. The number of halogens is 3. The average molecular weight is 415 g/mol. The standard InChI is InChI=1S/C21H20F3N5O/c1-27-20(12-8-14(22)19(24)15(23)9-12)13-5-7-28(11-16(13)26-27)21(30)17-10-25-18-4-2-3-6-29(17)18/h8-10H,2-7,11H2,1H3. The molecule has 0 saturated carbocycles. The van der Waals surface area contributed by atoms with E-state index in [1.165, 1.54) is 4.68 Å². The van der Waals surface area contributed by atoms with Crippen LogP contribution in [0.1, 0.15) is 40.4 Å². The molecule has 5 rings (SSSR count). The summed E-state index contributed by atoms with van der Waals surface area (Å²) in [6.45, 7) is 1.55. The molecule has 3 aromatic rings. The molecule has 156 valence electrons. The maximum absolute atomic E-state index is 13.8. The van der Waals surface area contributed by atoms with E-state index in [0.717, 1.165) is 49.3 Å². The molecule has 1 aromatic carbocycles. The van der Waals surface area contributed by atoms with E-state index in [-0.39, 0.29) is 11.5 Å². The summed E-state index contributed by atoms with van der Waals surface area (Å²) in [5.74, 6) is -3.11. The van der Waals surface area contributed by atoms with E-state index in [1.807, 2.05) is 4.57 Å². The number of aromatic nitrogens is 4. The minimum Gasteiger partial charge on any atom is -0.331 e. The van der Waals surface area contributed by atoms with Gasteiger partial charge < -0.3 is 9.47 Å². The number of amides is 1. The van der Waals surface area contributed by atoms with Gasteiger partial charge in [-0.3, -0.25) is 9.48 Å². The van der Waals surface area contributed by atoms with Crippen molar-refractivity contribution in [3.63, 3.8) is 0 Å². The summed E-state index contributed by atoms with van der Waals surface area (Å²) in [6.07, 6.45) is 5.13. The lowest BCUT2D eigenvalue weighted by Gasteiger charge is -2.27. The Morgan fingerprint density at radius 1 is 1.07 bits per heavy atom. The minimum absolute atomic E-state index is 0.0904. The Hall–Kier alpha value is -3.10. The normalized spacial score (nSPS) is 15.8. The monoisotopic (exact) mass is 415 g/mol. The molecule has 0 radical (unpaired) electrons. The van der Waals surface area contributed by atoms with Gasteiger partial charge in [-0.15, -0.1) is 0 Å². The molecule has 0 fully saturated rings. The van der Waals surface area contributed by atoms with E-state index < -0.39 is 17.5 Å². The molecular weight excluding hydrogens is 395 g/mol. The fourth-order valence-electron chi connectivity index (χ4n) is 4.50. The van der Waals surface area contributed by atoms with Crippen molar-refractivity contribution < 1.29 is 18.0 Å². The molecule has 0 unspecified atom stereocenters. The van der Waals surface area contributed by atoms with Crippen LogP contribution in [0.25, 0.3) is 11.3 Å². The van der Waals surface area contributed by atoms with Gasteiger partial charge in [0.2, 0.25) is 0 Å². The van der Waals surface area contributed by atoms with Crippen molar-refractivity contribution in [3.8, 4) is 11.3 Å². The Labute approximate surface area is 170 Å². The van der Waals surface area contributed by atoms with Gasteiger partial charge >= 0.3 is 0 Å². The van der Waals surface area contributed by atoms with Crippen LogP contribution < -0.4 is 0 Å².